The Balaban J connectivity index is 1.55. The molecular weight excluding hydrogens is 418 g/mol. The normalized spacial score (nSPS) is 17.8. The van der Waals surface area contributed by atoms with Crippen LogP contribution in [0.1, 0.15) is 30.5 Å². The first-order valence-electron chi connectivity index (χ1n) is 11.2. The van der Waals surface area contributed by atoms with E-state index in [2.05, 4.69) is 17.7 Å². The van der Waals surface area contributed by atoms with Crippen LogP contribution < -0.4 is 10.7 Å². The quantitative estimate of drug-likeness (QED) is 0.682. The SMILES string of the molecule is CCc1ccc(NC(=O)CN2C(=O)N(Cc3ccc(C)cc3)C(=O)C3NN(CC)C=C32)cc1. The molecule has 0 radical (unpaired) electrons. The Kier molecular flexibility index (Phi) is 6.46. The summed E-state index contributed by atoms with van der Waals surface area (Å²) in [5.41, 5.74) is 7.40. The molecule has 2 N–H and O–H groups in total. The number of benzene rings is 2. The number of anilines is 1. The van der Waals surface area contributed by atoms with Crippen LogP contribution in [0.5, 0.6) is 0 Å². The Bertz CT molecular complexity index is 1080. The second-order valence-corrected chi connectivity index (χ2v) is 8.28. The van der Waals surface area contributed by atoms with Gasteiger partial charge in [-0.05, 0) is 43.5 Å². The summed E-state index contributed by atoms with van der Waals surface area (Å²) in [5, 5.41) is 4.61. The molecule has 1 atom stereocenters. The highest BCUT2D eigenvalue weighted by atomic mass is 16.2. The van der Waals surface area contributed by atoms with E-state index in [9.17, 15) is 14.4 Å². The molecule has 0 aromatic heterocycles. The first kappa shape index (κ1) is 22.5. The fourth-order valence-electron chi connectivity index (χ4n) is 3.95. The van der Waals surface area contributed by atoms with Gasteiger partial charge in [0.1, 0.15) is 12.6 Å². The minimum Gasteiger partial charge on any atom is -0.325 e. The van der Waals surface area contributed by atoms with Gasteiger partial charge in [-0.3, -0.25) is 19.4 Å². The third-order valence-corrected chi connectivity index (χ3v) is 5.91. The zero-order valence-corrected chi connectivity index (χ0v) is 19.2. The molecule has 8 nitrogen and oxygen atoms in total. The fourth-order valence-corrected chi connectivity index (χ4v) is 3.95. The van der Waals surface area contributed by atoms with Crippen LogP contribution in [0.3, 0.4) is 0 Å². The summed E-state index contributed by atoms with van der Waals surface area (Å²) in [6.07, 6.45) is 2.64. The first-order chi connectivity index (χ1) is 15.9. The summed E-state index contributed by atoms with van der Waals surface area (Å²) in [4.78, 5) is 42.0. The van der Waals surface area contributed by atoms with Gasteiger partial charge in [-0.2, -0.15) is 0 Å². The van der Waals surface area contributed by atoms with Crippen LogP contribution in [-0.4, -0.2) is 51.8 Å². The van der Waals surface area contributed by atoms with Crippen LogP contribution in [0.15, 0.2) is 60.4 Å². The van der Waals surface area contributed by atoms with Gasteiger partial charge in [0.25, 0.3) is 5.91 Å². The molecule has 2 aromatic rings. The number of hydrazine groups is 1. The number of aryl methyl sites for hydroxylation is 2. The molecule has 8 heteroatoms. The average molecular weight is 448 g/mol. The Labute approximate surface area is 193 Å². The van der Waals surface area contributed by atoms with E-state index < -0.39 is 12.1 Å². The molecule has 0 bridgehead atoms. The molecule has 0 aliphatic carbocycles. The third kappa shape index (κ3) is 4.75. The molecular formula is C25H29N5O3. The standard InChI is InChI=1S/C25H29N5O3/c1-4-18-10-12-20(13-11-18)26-22(31)16-29-21-15-28(5-2)27-23(21)24(32)30(25(29)33)14-19-8-6-17(3)7-9-19/h6-13,15,23,27H,4-5,14,16H2,1-3H3,(H,26,31). The third-order valence-electron chi connectivity index (χ3n) is 5.91. The van der Waals surface area contributed by atoms with Crippen LogP contribution in [0.25, 0.3) is 0 Å². The molecule has 2 aliphatic rings. The van der Waals surface area contributed by atoms with Gasteiger partial charge in [0, 0.05) is 18.4 Å². The summed E-state index contributed by atoms with van der Waals surface area (Å²) < 4.78 is 0. The largest absolute Gasteiger partial charge is 0.331 e. The predicted molar refractivity (Wildman–Crippen MR) is 126 cm³/mol. The number of carbonyl (C=O) groups is 3. The molecule has 2 aliphatic heterocycles. The predicted octanol–water partition coefficient (Wildman–Crippen LogP) is 3.01. The van der Waals surface area contributed by atoms with Crippen molar-refractivity contribution in [1.29, 1.82) is 0 Å². The number of rotatable bonds is 7. The van der Waals surface area contributed by atoms with Crippen molar-refractivity contribution in [3.63, 3.8) is 0 Å². The minimum absolute atomic E-state index is 0.145. The number of nitrogens with zero attached hydrogens (tertiary/aromatic N) is 3. The number of nitrogens with one attached hydrogen (secondary N) is 2. The number of amides is 4. The molecule has 4 rings (SSSR count). The summed E-state index contributed by atoms with van der Waals surface area (Å²) in [6, 6.07) is 14.1. The number of imide groups is 1. The molecule has 2 heterocycles. The molecule has 33 heavy (non-hydrogen) atoms. The lowest BCUT2D eigenvalue weighted by Crippen LogP contribution is -2.61. The maximum absolute atomic E-state index is 13.4. The van der Waals surface area contributed by atoms with E-state index in [1.165, 1.54) is 15.4 Å². The van der Waals surface area contributed by atoms with Gasteiger partial charge in [-0.25, -0.2) is 10.2 Å². The summed E-state index contributed by atoms with van der Waals surface area (Å²) in [5.74, 6) is -0.651. The minimum atomic E-state index is -0.704. The van der Waals surface area contributed by atoms with Gasteiger partial charge >= 0.3 is 6.03 Å². The highest BCUT2D eigenvalue weighted by Crippen LogP contribution is 2.27. The Hall–Kier alpha value is -3.65. The van der Waals surface area contributed by atoms with E-state index in [4.69, 9.17) is 0 Å². The van der Waals surface area contributed by atoms with Crippen LogP contribution >= 0.6 is 0 Å². The molecule has 0 spiro atoms. The molecule has 1 fully saturated rings. The number of carbonyl (C=O) groups excluding carboxylic acids is 3. The topological polar surface area (TPSA) is 85.0 Å². The Morgan fingerprint density at radius 1 is 0.970 bits per heavy atom. The first-order valence-corrected chi connectivity index (χ1v) is 11.2. The molecule has 0 saturated carbocycles. The van der Waals surface area contributed by atoms with E-state index in [-0.39, 0.29) is 24.9 Å². The highest BCUT2D eigenvalue weighted by Gasteiger charge is 2.46. The second kappa shape index (κ2) is 9.46. The Morgan fingerprint density at radius 2 is 1.64 bits per heavy atom. The van der Waals surface area contributed by atoms with Crippen molar-refractivity contribution in [2.24, 2.45) is 0 Å². The number of hydrogen-bond acceptors (Lipinski definition) is 5. The van der Waals surface area contributed by atoms with Crippen molar-refractivity contribution in [1.82, 2.24) is 20.2 Å². The van der Waals surface area contributed by atoms with E-state index in [1.807, 2.05) is 62.4 Å². The van der Waals surface area contributed by atoms with Crippen molar-refractivity contribution in [3.05, 3.63) is 77.1 Å². The summed E-state index contributed by atoms with van der Waals surface area (Å²) in [6.45, 7) is 6.56. The number of urea groups is 1. The van der Waals surface area contributed by atoms with Gasteiger partial charge in [0.2, 0.25) is 5.91 Å². The van der Waals surface area contributed by atoms with Crippen molar-refractivity contribution in [3.8, 4) is 0 Å². The van der Waals surface area contributed by atoms with Crippen molar-refractivity contribution in [2.45, 2.75) is 39.8 Å². The summed E-state index contributed by atoms with van der Waals surface area (Å²) >= 11 is 0. The van der Waals surface area contributed by atoms with Crippen LogP contribution in [0.4, 0.5) is 10.5 Å². The monoisotopic (exact) mass is 447 g/mol. The van der Waals surface area contributed by atoms with Gasteiger partial charge in [0.05, 0.1) is 12.2 Å². The van der Waals surface area contributed by atoms with Gasteiger partial charge in [-0.15, -0.1) is 0 Å². The molecule has 172 valence electrons. The Morgan fingerprint density at radius 3 is 2.27 bits per heavy atom. The molecule has 1 unspecified atom stereocenters. The van der Waals surface area contributed by atoms with Gasteiger partial charge in [0.15, 0.2) is 0 Å². The smallest absolute Gasteiger partial charge is 0.325 e. The van der Waals surface area contributed by atoms with Gasteiger partial charge < -0.3 is 10.3 Å². The molecule has 2 aromatic carbocycles. The van der Waals surface area contributed by atoms with Crippen molar-refractivity contribution >= 4 is 23.5 Å². The van der Waals surface area contributed by atoms with E-state index in [1.54, 1.807) is 11.2 Å². The molecule has 1 saturated heterocycles. The van der Waals surface area contributed by atoms with E-state index in [0.717, 1.165) is 17.5 Å². The maximum atomic E-state index is 13.4. The molecule has 4 amide bonds. The number of fused-ring (bicyclic) bond motifs is 1. The lowest BCUT2D eigenvalue weighted by molar-refractivity contribution is -0.133. The van der Waals surface area contributed by atoms with Crippen molar-refractivity contribution < 1.29 is 14.4 Å². The van der Waals surface area contributed by atoms with E-state index >= 15 is 0 Å². The van der Waals surface area contributed by atoms with Crippen LogP contribution in [0, 0.1) is 6.92 Å². The highest BCUT2D eigenvalue weighted by molar-refractivity contribution is 6.05. The lowest BCUT2D eigenvalue weighted by atomic mass is 10.1. The number of hydrogen-bond donors (Lipinski definition) is 2. The maximum Gasteiger partial charge on any atom is 0.331 e. The van der Waals surface area contributed by atoms with Crippen LogP contribution in [-0.2, 0) is 22.6 Å². The van der Waals surface area contributed by atoms with E-state index in [0.29, 0.717) is 17.9 Å². The van der Waals surface area contributed by atoms with Gasteiger partial charge in [-0.1, -0.05) is 48.9 Å². The van der Waals surface area contributed by atoms with Crippen molar-refractivity contribution in [2.75, 3.05) is 18.4 Å². The zero-order chi connectivity index (χ0) is 23.5. The second-order valence-electron chi connectivity index (χ2n) is 8.28. The average Bonchev–Trinajstić information content (AvgIpc) is 3.26. The van der Waals surface area contributed by atoms with Crippen LogP contribution in [0.2, 0.25) is 0 Å². The summed E-state index contributed by atoms with van der Waals surface area (Å²) in [7, 11) is 0. The fraction of sp³-hybridized carbons (Fsp3) is 0.320. The zero-order valence-electron chi connectivity index (χ0n) is 19.2. The lowest BCUT2D eigenvalue weighted by Gasteiger charge is -2.37.